The van der Waals surface area contributed by atoms with Gasteiger partial charge in [-0.05, 0) is 40.6 Å². The van der Waals surface area contributed by atoms with Crippen LogP contribution in [-0.4, -0.2) is 9.55 Å². The number of halogens is 1. The van der Waals surface area contributed by atoms with E-state index < -0.39 is 0 Å². The van der Waals surface area contributed by atoms with Crippen molar-refractivity contribution in [2.75, 3.05) is 5.73 Å². The molecule has 0 aliphatic heterocycles. The van der Waals surface area contributed by atoms with E-state index in [1.54, 1.807) is 17.1 Å². The first-order chi connectivity index (χ1) is 8.18. The molecule has 17 heavy (non-hydrogen) atoms. The number of hydrogen-bond acceptors (Lipinski definition) is 3. The molecule has 2 N–H and O–H groups in total. The maximum Gasteiger partial charge on any atom is 0.266 e. The zero-order chi connectivity index (χ0) is 12.3. The van der Waals surface area contributed by atoms with Crippen LogP contribution in [0.5, 0.6) is 0 Å². The summed E-state index contributed by atoms with van der Waals surface area (Å²) in [6.07, 6.45) is 3.86. The molecule has 1 heterocycles. The molecule has 0 unspecified atom stereocenters. The second-order valence-electron chi connectivity index (χ2n) is 3.69. The fraction of sp³-hybridized carbons (Fsp3) is 0.167. The molecule has 0 saturated carbocycles. The molecule has 2 aromatic rings. The standard InChI is InChI=1S/C12H12IN3O/c13-10-7-15-8-16(12(10)17)6-5-9-3-1-2-4-11(9)14/h1-4,7-8H,5-6,14H2. The number of nitrogens with zero attached hydrogens (tertiary/aromatic N) is 2. The van der Waals surface area contributed by atoms with Crippen LogP contribution in [-0.2, 0) is 13.0 Å². The number of para-hydroxylation sites is 1. The Morgan fingerprint density at radius 2 is 2.12 bits per heavy atom. The predicted octanol–water partition coefficient (Wildman–Crippen LogP) is 1.67. The maximum atomic E-state index is 11.8. The first-order valence-corrected chi connectivity index (χ1v) is 6.29. The van der Waals surface area contributed by atoms with E-state index in [4.69, 9.17) is 5.73 Å². The third kappa shape index (κ3) is 2.85. The maximum absolute atomic E-state index is 11.8. The van der Waals surface area contributed by atoms with Gasteiger partial charge in [-0.15, -0.1) is 0 Å². The van der Waals surface area contributed by atoms with Crippen molar-refractivity contribution in [3.05, 3.63) is 56.3 Å². The molecule has 0 spiro atoms. The third-order valence-corrected chi connectivity index (χ3v) is 3.28. The van der Waals surface area contributed by atoms with Gasteiger partial charge >= 0.3 is 0 Å². The Hall–Kier alpha value is -1.37. The molecule has 4 nitrogen and oxygen atoms in total. The van der Waals surface area contributed by atoms with Crippen LogP contribution >= 0.6 is 22.6 Å². The normalized spacial score (nSPS) is 10.4. The van der Waals surface area contributed by atoms with Crippen molar-refractivity contribution < 1.29 is 0 Å². The monoisotopic (exact) mass is 341 g/mol. The molecule has 88 valence electrons. The van der Waals surface area contributed by atoms with Crippen LogP contribution in [0.25, 0.3) is 0 Å². The Morgan fingerprint density at radius 1 is 1.35 bits per heavy atom. The number of nitrogen functional groups attached to an aromatic ring is 1. The van der Waals surface area contributed by atoms with Crippen LogP contribution in [0.1, 0.15) is 5.56 Å². The molecule has 0 aliphatic carbocycles. The second kappa shape index (κ2) is 5.31. The minimum atomic E-state index is -0.00453. The fourth-order valence-electron chi connectivity index (χ4n) is 1.59. The van der Waals surface area contributed by atoms with E-state index in [1.807, 2.05) is 46.9 Å². The molecule has 0 amide bonds. The molecule has 0 atom stereocenters. The van der Waals surface area contributed by atoms with Gasteiger partial charge in [0, 0.05) is 18.4 Å². The van der Waals surface area contributed by atoms with Crippen LogP contribution in [0.4, 0.5) is 5.69 Å². The van der Waals surface area contributed by atoms with Crippen molar-refractivity contribution in [3.63, 3.8) is 0 Å². The summed E-state index contributed by atoms with van der Waals surface area (Å²) in [4.78, 5) is 15.8. The number of aromatic nitrogens is 2. The van der Waals surface area contributed by atoms with Gasteiger partial charge < -0.3 is 5.73 Å². The Balaban J connectivity index is 2.16. The first kappa shape index (κ1) is 12.1. The third-order valence-electron chi connectivity index (χ3n) is 2.54. The van der Waals surface area contributed by atoms with E-state index in [9.17, 15) is 4.79 Å². The Bertz CT molecular complexity index is 580. The van der Waals surface area contributed by atoms with Crippen LogP contribution in [0.15, 0.2) is 41.6 Å². The molecule has 5 heteroatoms. The van der Waals surface area contributed by atoms with Crippen molar-refractivity contribution in [3.8, 4) is 0 Å². The minimum absolute atomic E-state index is 0.00453. The summed E-state index contributed by atoms with van der Waals surface area (Å²) in [6, 6.07) is 7.69. The van der Waals surface area contributed by atoms with E-state index in [0.717, 1.165) is 17.7 Å². The molecule has 2 rings (SSSR count). The van der Waals surface area contributed by atoms with E-state index in [-0.39, 0.29) is 5.56 Å². The van der Waals surface area contributed by atoms with Crippen molar-refractivity contribution in [1.82, 2.24) is 9.55 Å². The van der Waals surface area contributed by atoms with Gasteiger partial charge in [0.05, 0.1) is 9.90 Å². The number of benzene rings is 1. The average molecular weight is 341 g/mol. The lowest BCUT2D eigenvalue weighted by Gasteiger charge is -2.07. The van der Waals surface area contributed by atoms with E-state index >= 15 is 0 Å². The second-order valence-corrected chi connectivity index (χ2v) is 4.85. The lowest BCUT2D eigenvalue weighted by Crippen LogP contribution is -2.23. The molecule has 0 radical (unpaired) electrons. The molecule has 0 bridgehead atoms. The lowest BCUT2D eigenvalue weighted by molar-refractivity contribution is 0.651. The zero-order valence-corrected chi connectivity index (χ0v) is 11.3. The largest absolute Gasteiger partial charge is 0.399 e. The lowest BCUT2D eigenvalue weighted by atomic mass is 10.1. The number of anilines is 1. The fourth-order valence-corrected chi connectivity index (χ4v) is 2.06. The molecule has 1 aromatic heterocycles. The Morgan fingerprint density at radius 3 is 2.88 bits per heavy atom. The summed E-state index contributed by atoms with van der Waals surface area (Å²) in [7, 11) is 0. The van der Waals surface area contributed by atoms with Gasteiger partial charge in [-0.25, -0.2) is 4.98 Å². The number of nitrogens with two attached hydrogens (primary N) is 1. The average Bonchev–Trinajstić information content (AvgIpc) is 2.33. The highest BCUT2D eigenvalue weighted by molar-refractivity contribution is 14.1. The van der Waals surface area contributed by atoms with Crippen LogP contribution < -0.4 is 11.3 Å². The summed E-state index contributed by atoms with van der Waals surface area (Å²) in [5.41, 5.74) is 7.66. The molecular weight excluding hydrogens is 329 g/mol. The van der Waals surface area contributed by atoms with Gasteiger partial charge in [0.15, 0.2) is 0 Å². The van der Waals surface area contributed by atoms with E-state index in [0.29, 0.717) is 10.1 Å². The predicted molar refractivity (Wildman–Crippen MR) is 75.8 cm³/mol. The van der Waals surface area contributed by atoms with Crippen LogP contribution in [0.3, 0.4) is 0 Å². The minimum Gasteiger partial charge on any atom is -0.399 e. The highest BCUT2D eigenvalue weighted by Gasteiger charge is 2.02. The summed E-state index contributed by atoms with van der Waals surface area (Å²) in [5, 5.41) is 0. The summed E-state index contributed by atoms with van der Waals surface area (Å²) in [5.74, 6) is 0. The Kier molecular flexibility index (Phi) is 3.78. The number of rotatable bonds is 3. The summed E-state index contributed by atoms with van der Waals surface area (Å²) in [6.45, 7) is 0.594. The van der Waals surface area contributed by atoms with E-state index in [1.165, 1.54) is 0 Å². The van der Waals surface area contributed by atoms with Gasteiger partial charge in [-0.1, -0.05) is 18.2 Å². The van der Waals surface area contributed by atoms with Crippen molar-refractivity contribution in [1.29, 1.82) is 0 Å². The number of hydrogen-bond donors (Lipinski definition) is 1. The van der Waals surface area contributed by atoms with Crippen molar-refractivity contribution in [2.24, 2.45) is 0 Å². The van der Waals surface area contributed by atoms with Gasteiger partial charge in [0.25, 0.3) is 5.56 Å². The highest BCUT2D eigenvalue weighted by Crippen LogP contribution is 2.11. The molecule has 1 aromatic carbocycles. The smallest absolute Gasteiger partial charge is 0.266 e. The number of aryl methyl sites for hydroxylation is 2. The summed E-state index contributed by atoms with van der Waals surface area (Å²) < 4.78 is 2.24. The van der Waals surface area contributed by atoms with Gasteiger partial charge in [-0.3, -0.25) is 9.36 Å². The summed E-state index contributed by atoms with van der Waals surface area (Å²) >= 11 is 1.99. The molecule has 0 aliphatic rings. The topological polar surface area (TPSA) is 60.9 Å². The Labute approximate surface area is 113 Å². The quantitative estimate of drug-likeness (QED) is 0.683. The van der Waals surface area contributed by atoms with Gasteiger partial charge in [0.1, 0.15) is 0 Å². The van der Waals surface area contributed by atoms with Gasteiger partial charge in [0.2, 0.25) is 0 Å². The SMILES string of the molecule is Nc1ccccc1CCn1cncc(I)c1=O. The molecule has 0 fully saturated rings. The van der Waals surface area contributed by atoms with Crippen molar-refractivity contribution >= 4 is 28.3 Å². The van der Waals surface area contributed by atoms with Gasteiger partial charge in [-0.2, -0.15) is 0 Å². The van der Waals surface area contributed by atoms with Crippen LogP contribution in [0.2, 0.25) is 0 Å². The first-order valence-electron chi connectivity index (χ1n) is 5.22. The highest BCUT2D eigenvalue weighted by atomic mass is 127. The van der Waals surface area contributed by atoms with Crippen molar-refractivity contribution in [2.45, 2.75) is 13.0 Å². The molecular formula is C12H12IN3O. The zero-order valence-electron chi connectivity index (χ0n) is 9.14. The van der Waals surface area contributed by atoms with Crippen LogP contribution in [0, 0.1) is 3.57 Å². The molecule has 0 saturated heterocycles. The van der Waals surface area contributed by atoms with E-state index in [2.05, 4.69) is 4.98 Å².